The van der Waals surface area contributed by atoms with E-state index in [4.69, 9.17) is 9.84 Å². The van der Waals surface area contributed by atoms with Crippen LogP contribution in [-0.2, 0) is 4.79 Å². The number of hydrogen-bond acceptors (Lipinski definition) is 3. The monoisotopic (exact) mass is 235 g/mol. The van der Waals surface area contributed by atoms with Gasteiger partial charge in [0.05, 0.1) is 13.2 Å². The van der Waals surface area contributed by atoms with Gasteiger partial charge < -0.3 is 15.2 Å². The smallest absolute Gasteiger partial charge is 0.244 e. The molecule has 0 aliphatic carbocycles. The normalized spacial score (nSPS) is 10.5. The van der Waals surface area contributed by atoms with E-state index in [0.717, 1.165) is 11.3 Å². The third-order valence-corrected chi connectivity index (χ3v) is 2.03. The second-order valence-electron chi connectivity index (χ2n) is 3.35. The Morgan fingerprint density at radius 2 is 2.12 bits per heavy atom. The van der Waals surface area contributed by atoms with Crippen LogP contribution in [0.15, 0.2) is 30.3 Å². The zero-order valence-electron chi connectivity index (χ0n) is 9.85. The Morgan fingerprint density at radius 1 is 1.41 bits per heavy atom. The van der Waals surface area contributed by atoms with Gasteiger partial charge in [-0.15, -0.1) is 0 Å². The van der Waals surface area contributed by atoms with Crippen molar-refractivity contribution < 1.29 is 14.6 Å². The van der Waals surface area contributed by atoms with Gasteiger partial charge in [-0.3, -0.25) is 4.79 Å². The van der Waals surface area contributed by atoms with Crippen molar-refractivity contribution in [3.8, 4) is 5.75 Å². The molecule has 0 saturated carbocycles. The molecule has 0 atom stereocenters. The molecule has 1 aromatic rings. The molecule has 0 aliphatic heterocycles. The van der Waals surface area contributed by atoms with Crippen LogP contribution in [0.3, 0.4) is 0 Å². The van der Waals surface area contributed by atoms with Crippen molar-refractivity contribution in [3.63, 3.8) is 0 Å². The Morgan fingerprint density at radius 3 is 2.71 bits per heavy atom. The predicted molar refractivity (Wildman–Crippen MR) is 66.7 cm³/mol. The summed E-state index contributed by atoms with van der Waals surface area (Å²) < 4.78 is 5.31. The quantitative estimate of drug-likeness (QED) is 0.729. The first kappa shape index (κ1) is 13.3. The van der Waals surface area contributed by atoms with E-state index < -0.39 is 0 Å². The molecule has 0 aliphatic rings. The van der Waals surface area contributed by atoms with Crippen LogP contribution in [0.1, 0.15) is 12.5 Å². The van der Waals surface area contributed by atoms with Crippen molar-refractivity contribution in [2.75, 3.05) is 19.8 Å². The second kappa shape index (κ2) is 7.46. The van der Waals surface area contributed by atoms with Gasteiger partial charge >= 0.3 is 0 Å². The van der Waals surface area contributed by atoms with Gasteiger partial charge in [0.1, 0.15) is 5.75 Å². The molecular formula is C13H17NO3. The van der Waals surface area contributed by atoms with Crippen LogP contribution in [-0.4, -0.2) is 30.8 Å². The van der Waals surface area contributed by atoms with Gasteiger partial charge in [-0.05, 0) is 30.7 Å². The van der Waals surface area contributed by atoms with Gasteiger partial charge in [0.25, 0.3) is 0 Å². The average Bonchev–Trinajstić information content (AvgIpc) is 2.36. The molecule has 1 rings (SSSR count). The summed E-state index contributed by atoms with van der Waals surface area (Å²) in [4.78, 5) is 11.2. The van der Waals surface area contributed by atoms with E-state index in [2.05, 4.69) is 5.32 Å². The van der Waals surface area contributed by atoms with Gasteiger partial charge in [0.15, 0.2) is 0 Å². The fourth-order valence-corrected chi connectivity index (χ4v) is 1.25. The lowest BCUT2D eigenvalue weighted by molar-refractivity contribution is -0.116. The summed E-state index contributed by atoms with van der Waals surface area (Å²) >= 11 is 0. The molecule has 4 heteroatoms. The van der Waals surface area contributed by atoms with Gasteiger partial charge in [0, 0.05) is 12.6 Å². The lowest BCUT2D eigenvalue weighted by Gasteiger charge is -2.02. The highest BCUT2D eigenvalue weighted by Crippen LogP contribution is 2.12. The van der Waals surface area contributed by atoms with Crippen molar-refractivity contribution >= 4 is 12.0 Å². The Labute approximate surface area is 101 Å². The highest BCUT2D eigenvalue weighted by molar-refractivity contribution is 5.91. The van der Waals surface area contributed by atoms with Crippen LogP contribution >= 0.6 is 0 Å². The molecule has 0 radical (unpaired) electrons. The summed E-state index contributed by atoms with van der Waals surface area (Å²) in [6.07, 6.45) is 3.15. The lowest BCUT2D eigenvalue weighted by atomic mass is 10.2. The number of nitrogens with one attached hydrogen (secondary N) is 1. The van der Waals surface area contributed by atoms with E-state index >= 15 is 0 Å². The molecule has 0 bridgehead atoms. The van der Waals surface area contributed by atoms with E-state index in [0.29, 0.717) is 6.61 Å². The summed E-state index contributed by atoms with van der Waals surface area (Å²) in [6, 6.07) is 7.46. The second-order valence-corrected chi connectivity index (χ2v) is 3.35. The Bertz CT molecular complexity index is 371. The summed E-state index contributed by atoms with van der Waals surface area (Å²) in [5.41, 5.74) is 0.924. The molecule has 0 aromatic heterocycles. The number of rotatable bonds is 6. The zero-order valence-corrected chi connectivity index (χ0v) is 9.85. The molecule has 2 N–H and O–H groups in total. The number of benzene rings is 1. The molecule has 0 saturated heterocycles. The average molecular weight is 235 g/mol. The SMILES string of the molecule is CCOc1ccc(C=CC(=O)NCCO)cc1. The largest absolute Gasteiger partial charge is 0.494 e. The maximum Gasteiger partial charge on any atom is 0.244 e. The number of amides is 1. The maximum atomic E-state index is 11.2. The van der Waals surface area contributed by atoms with Gasteiger partial charge in [-0.1, -0.05) is 12.1 Å². The maximum absolute atomic E-state index is 11.2. The van der Waals surface area contributed by atoms with E-state index in [1.54, 1.807) is 6.08 Å². The predicted octanol–water partition coefficient (Wildman–Crippen LogP) is 1.21. The number of ether oxygens (including phenoxy) is 1. The fourth-order valence-electron chi connectivity index (χ4n) is 1.25. The summed E-state index contributed by atoms with van der Waals surface area (Å²) in [6.45, 7) is 2.78. The van der Waals surface area contributed by atoms with Gasteiger partial charge in [0.2, 0.25) is 5.91 Å². The van der Waals surface area contributed by atoms with Crippen LogP contribution in [0.4, 0.5) is 0 Å². The number of aliphatic hydroxyl groups is 1. The third kappa shape index (κ3) is 5.17. The van der Waals surface area contributed by atoms with E-state index in [1.807, 2.05) is 31.2 Å². The van der Waals surface area contributed by atoms with Crippen molar-refractivity contribution in [1.82, 2.24) is 5.32 Å². The van der Waals surface area contributed by atoms with Crippen LogP contribution in [0.2, 0.25) is 0 Å². The minimum absolute atomic E-state index is 0.0529. The molecule has 1 amide bonds. The molecule has 0 spiro atoms. The number of carbonyl (C=O) groups is 1. The van der Waals surface area contributed by atoms with Gasteiger partial charge in [-0.2, -0.15) is 0 Å². The van der Waals surface area contributed by atoms with Crippen molar-refractivity contribution in [2.45, 2.75) is 6.92 Å². The van der Waals surface area contributed by atoms with E-state index in [1.165, 1.54) is 6.08 Å². The molecule has 0 fully saturated rings. The van der Waals surface area contributed by atoms with Gasteiger partial charge in [-0.25, -0.2) is 0 Å². The first-order valence-electron chi connectivity index (χ1n) is 5.56. The summed E-state index contributed by atoms with van der Waals surface area (Å²) in [5.74, 6) is 0.599. The number of hydrogen-bond donors (Lipinski definition) is 2. The van der Waals surface area contributed by atoms with E-state index in [-0.39, 0.29) is 19.1 Å². The highest BCUT2D eigenvalue weighted by Gasteiger charge is 1.94. The van der Waals surface area contributed by atoms with Crippen molar-refractivity contribution in [3.05, 3.63) is 35.9 Å². The Balaban J connectivity index is 2.50. The van der Waals surface area contributed by atoms with Crippen molar-refractivity contribution in [2.24, 2.45) is 0 Å². The number of aliphatic hydroxyl groups excluding tert-OH is 1. The fraction of sp³-hybridized carbons (Fsp3) is 0.308. The summed E-state index contributed by atoms with van der Waals surface area (Å²) in [7, 11) is 0. The van der Waals surface area contributed by atoms with Crippen LogP contribution < -0.4 is 10.1 Å². The topological polar surface area (TPSA) is 58.6 Å². The molecule has 4 nitrogen and oxygen atoms in total. The molecule has 17 heavy (non-hydrogen) atoms. The van der Waals surface area contributed by atoms with Crippen LogP contribution in [0, 0.1) is 0 Å². The molecule has 0 heterocycles. The Kier molecular flexibility index (Phi) is 5.82. The highest BCUT2D eigenvalue weighted by atomic mass is 16.5. The summed E-state index contributed by atoms with van der Waals surface area (Å²) in [5, 5.41) is 11.1. The first-order chi connectivity index (χ1) is 8.26. The van der Waals surface area contributed by atoms with Crippen LogP contribution in [0.25, 0.3) is 6.08 Å². The minimum Gasteiger partial charge on any atom is -0.494 e. The first-order valence-corrected chi connectivity index (χ1v) is 5.56. The molecule has 1 aromatic carbocycles. The lowest BCUT2D eigenvalue weighted by Crippen LogP contribution is -2.24. The standard InChI is InChI=1S/C13H17NO3/c1-2-17-12-6-3-11(4-7-12)5-8-13(16)14-9-10-15/h3-8,15H,2,9-10H2,1H3,(H,14,16). The number of carbonyl (C=O) groups excluding carboxylic acids is 1. The molecule has 92 valence electrons. The van der Waals surface area contributed by atoms with E-state index in [9.17, 15) is 4.79 Å². The zero-order chi connectivity index (χ0) is 12.5. The Hall–Kier alpha value is -1.81. The van der Waals surface area contributed by atoms with Crippen molar-refractivity contribution in [1.29, 1.82) is 0 Å². The minimum atomic E-state index is -0.215. The molecular weight excluding hydrogens is 218 g/mol. The van der Waals surface area contributed by atoms with Crippen LogP contribution in [0.5, 0.6) is 5.75 Å². The third-order valence-electron chi connectivity index (χ3n) is 2.03. The molecule has 0 unspecified atom stereocenters.